The number of benzene rings is 3. The van der Waals surface area contributed by atoms with Gasteiger partial charge in [0.15, 0.2) is 11.9 Å². The van der Waals surface area contributed by atoms with E-state index in [-0.39, 0.29) is 12.7 Å². The van der Waals surface area contributed by atoms with Gasteiger partial charge in [0.25, 0.3) is 5.91 Å². The number of aryl methyl sites for hydroxylation is 2. The van der Waals surface area contributed by atoms with Crippen molar-refractivity contribution in [2.75, 3.05) is 25.8 Å². The molecule has 33 heavy (non-hydrogen) atoms. The van der Waals surface area contributed by atoms with E-state index < -0.39 is 0 Å². The number of nitrogens with one attached hydrogen (secondary N) is 1. The highest BCUT2D eigenvalue weighted by molar-refractivity contribution is 7.22. The van der Waals surface area contributed by atoms with E-state index in [9.17, 15) is 4.79 Å². The minimum atomic E-state index is -0.177. The van der Waals surface area contributed by atoms with Gasteiger partial charge in [-0.15, -0.1) is 0 Å². The van der Waals surface area contributed by atoms with Crippen molar-refractivity contribution in [3.05, 3.63) is 83.4 Å². The van der Waals surface area contributed by atoms with Crippen molar-refractivity contribution in [1.82, 2.24) is 4.98 Å². The summed E-state index contributed by atoms with van der Waals surface area (Å²) in [6.45, 7) is 2.73. The zero-order valence-electron chi connectivity index (χ0n) is 18.7. The van der Waals surface area contributed by atoms with Crippen LogP contribution in [0.25, 0.3) is 10.2 Å². The number of ether oxygens (including phenoxy) is 3. The largest absolute Gasteiger partial charge is 0.497 e. The average molecular weight is 463 g/mol. The molecule has 7 heteroatoms. The molecule has 1 amide bonds. The van der Waals surface area contributed by atoms with Crippen molar-refractivity contribution in [3.8, 4) is 11.5 Å². The second kappa shape index (κ2) is 10.9. The van der Waals surface area contributed by atoms with Crippen LogP contribution in [-0.2, 0) is 17.6 Å². The number of hydrogen-bond acceptors (Lipinski definition) is 6. The van der Waals surface area contributed by atoms with E-state index in [0.29, 0.717) is 23.1 Å². The number of methoxy groups -OCH3 is 1. The maximum Gasteiger partial charge on any atom is 0.257 e. The lowest BCUT2D eigenvalue weighted by atomic mass is 10.0. The minimum absolute atomic E-state index is 0.177. The zero-order chi connectivity index (χ0) is 23.0. The zero-order valence-corrected chi connectivity index (χ0v) is 19.5. The standard InChI is InChI=1S/C26H26N2O4S/c1-3-31-17-32-22-14-15-23-24(16-22)33-26(27-23)28-25(29)20-10-6-18(7-11-20)4-5-19-8-12-21(30-2)13-9-19/h6-16H,3-5,17H2,1-2H3,(H,27,28,29). The molecule has 0 unspecified atom stereocenters. The third-order valence-corrected chi connectivity index (χ3v) is 6.10. The summed E-state index contributed by atoms with van der Waals surface area (Å²) in [6.07, 6.45) is 1.83. The van der Waals surface area contributed by atoms with Crippen LogP contribution in [0.4, 0.5) is 5.13 Å². The molecule has 0 atom stereocenters. The Morgan fingerprint density at radius 2 is 1.61 bits per heavy atom. The highest BCUT2D eigenvalue weighted by Gasteiger charge is 2.11. The summed E-state index contributed by atoms with van der Waals surface area (Å²) in [7, 11) is 1.67. The normalized spacial score (nSPS) is 10.8. The van der Waals surface area contributed by atoms with Crippen LogP contribution < -0.4 is 14.8 Å². The number of aromatic nitrogens is 1. The number of carbonyl (C=O) groups is 1. The van der Waals surface area contributed by atoms with Gasteiger partial charge in [-0.2, -0.15) is 0 Å². The SMILES string of the molecule is CCOCOc1ccc2nc(NC(=O)c3ccc(CCc4ccc(OC)cc4)cc3)sc2c1. The molecule has 0 aliphatic rings. The van der Waals surface area contributed by atoms with Crippen molar-refractivity contribution < 1.29 is 19.0 Å². The quantitative estimate of drug-likeness (QED) is 0.241. The highest BCUT2D eigenvalue weighted by Crippen LogP contribution is 2.29. The smallest absolute Gasteiger partial charge is 0.257 e. The summed E-state index contributed by atoms with van der Waals surface area (Å²) < 4.78 is 16.9. The predicted octanol–water partition coefficient (Wildman–Crippen LogP) is 5.72. The number of rotatable bonds is 10. The lowest BCUT2D eigenvalue weighted by Crippen LogP contribution is -2.11. The second-order valence-electron chi connectivity index (χ2n) is 7.40. The van der Waals surface area contributed by atoms with Crippen LogP contribution in [-0.4, -0.2) is 31.4 Å². The average Bonchev–Trinajstić information content (AvgIpc) is 3.25. The number of fused-ring (bicyclic) bond motifs is 1. The molecule has 4 aromatic rings. The molecule has 0 fully saturated rings. The van der Waals surface area contributed by atoms with E-state index in [2.05, 4.69) is 22.4 Å². The summed E-state index contributed by atoms with van der Waals surface area (Å²) in [5.74, 6) is 1.39. The van der Waals surface area contributed by atoms with Crippen molar-refractivity contribution in [2.24, 2.45) is 0 Å². The van der Waals surface area contributed by atoms with Gasteiger partial charge in [-0.3, -0.25) is 10.1 Å². The molecule has 0 radical (unpaired) electrons. The summed E-state index contributed by atoms with van der Waals surface area (Å²) >= 11 is 1.41. The van der Waals surface area contributed by atoms with Gasteiger partial charge in [-0.25, -0.2) is 4.98 Å². The number of amides is 1. The van der Waals surface area contributed by atoms with Crippen LogP contribution >= 0.6 is 11.3 Å². The summed E-state index contributed by atoms with van der Waals surface area (Å²) in [5, 5.41) is 3.45. The Balaban J connectivity index is 1.34. The topological polar surface area (TPSA) is 69.7 Å². The van der Waals surface area contributed by atoms with Gasteiger partial charge in [0.1, 0.15) is 11.5 Å². The minimum Gasteiger partial charge on any atom is -0.497 e. The van der Waals surface area contributed by atoms with Crippen molar-refractivity contribution >= 4 is 32.6 Å². The lowest BCUT2D eigenvalue weighted by molar-refractivity contribution is 0.0225. The number of nitrogens with zero attached hydrogens (tertiary/aromatic N) is 1. The predicted molar refractivity (Wildman–Crippen MR) is 132 cm³/mol. The van der Waals surface area contributed by atoms with E-state index in [1.165, 1.54) is 22.5 Å². The van der Waals surface area contributed by atoms with Gasteiger partial charge in [0, 0.05) is 12.2 Å². The summed E-state index contributed by atoms with van der Waals surface area (Å²) in [5.41, 5.74) is 3.85. The Bertz CT molecular complexity index is 1200. The number of anilines is 1. The van der Waals surface area contributed by atoms with Gasteiger partial charge >= 0.3 is 0 Å². The Hall–Kier alpha value is -3.42. The van der Waals surface area contributed by atoms with E-state index in [4.69, 9.17) is 14.2 Å². The van der Waals surface area contributed by atoms with E-state index in [0.717, 1.165) is 28.8 Å². The maximum absolute atomic E-state index is 12.7. The van der Waals surface area contributed by atoms with E-state index >= 15 is 0 Å². The van der Waals surface area contributed by atoms with Crippen LogP contribution in [0.15, 0.2) is 66.7 Å². The molecule has 1 aromatic heterocycles. The Morgan fingerprint density at radius 3 is 2.27 bits per heavy atom. The molecule has 0 bridgehead atoms. The molecule has 1 heterocycles. The van der Waals surface area contributed by atoms with Gasteiger partial charge in [0.05, 0.1) is 17.3 Å². The van der Waals surface area contributed by atoms with Crippen molar-refractivity contribution in [2.45, 2.75) is 19.8 Å². The maximum atomic E-state index is 12.7. The molecule has 6 nitrogen and oxygen atoms in total. The van der Waals surface area contributed by atoms with Crippen LogP contribution in [0.1, 0.15) is 28.4 Å². The molecular weight excluding hydrogens is 436 g/mol. The first-order chi connectivity index (χ1) is 16.1. The first kappa shape index (κ1) is 22.8. The molecule has 1 N–H and O–H groups in total. The first-order valence-corrected chi connectivity index (χ1v) is 11.6. The number of hydrogen-bond donors (Lipinski definition) is 1. The first-order valence-electron chi connectivity index (χ1n) is 10.8. The summed E-state index contributed by atoms with van der Waals surface area (Å²) in [4.78, 5) is 17.2. The molecule has 170 valence electrons. The molecule has 0 saturated carbocycles. The highest BCUT2D eigenvalue weighted by atomic mass is 32.1. The van der Waals surface area contributed by atoms with Gasteiger partial charge < -0.3 is 14.2 Å². The fourth-order valence-electron chi connectivity index (χ4n) is 3.31. The molecule has 0 spiro atoms. The third-order valence-electron chi connectivity index (χ3n) is 5.17. The molecule has 0 aliphatic heterocycles. The van der Waals surface area contributed by atoms with Gasteiger partial charge in [-0.05, 0) is 73.4 Å². The lowest BCUT2D eigenvalue weighted by Gasteiger charge is -2.06. The van der Waals surface area contributed by atoms with Crippen molar-refractivity contribution in [1.29, 1.82) is 0 Å². The van der Waals surface area contributed by atoms with Gasteiger partial charge in [0.2, 0.25) is 0 Å². The molecular formula is C26H26N2O4S. The monoisotopic (exact) mass is 462 g/mol. The Labute approximate surface area is 197 Å². The van der Waals surface area contributed by atoms with Crippen molar-refractivity contribution in [3.63, 3.8) is 0 Å². The molecule has 3 aromatic carbocycles. The Morgan fingerprint density at radius 1 is 0.939 bits per heavy atom. The van der Waals surface area contributed by atoms with E-state index in [1.54, 1.807) is 7.11 Å². The fourth-order valence-corrected chi connectivity index (χ4v) is 4.20. The molecule has 4 rings (SSSR count). The van der Waals surface area contributed by atoms with Crippen LogP contribution in [0.5, 0.6) is 11.5 Å². The fraction of sp³-hybridized carbons (Fsp3) is 0.231. The van der Waals surface area contributed by atoms with Crippen LogP contribution in [0.2, 0.25) is 0 Å². The van der Waals surface area contributed by atoms with Crippen LogP contribution in [0.3, 0.4) is 0 Å². The summed E-state index contributed by atoms with van der Waals surface area (Å²) in [6, 6.07) is 21.4. The number of thiazole rings is 1. The Kier molecular flexibility index (Phi) is 7.55. The van der Waals surface area contributed by atoms with Crippen LogP contribution in [0, 0.1) is 0 Å². The van der Waals surface area contributed by atoms with E-state index in [1.807, 2.05) is 61.5 Å². The van der Waals surface area contributed by atoms with Gasteiger partial charge in [-0.1, -0.05) is 35.6 Å². The molecule has 0 aliphatic carbocycles. The third kappa shape index (κ3) is 6.09. The molecule has 0 saturated heterocycles. The second-order valence-corrected chi connectivity index (χ2v) is 8.43. The number of carbonyl (C=O) groups excluding carboxylic acids is 1.